The number of nitrogen functional groups attached to an aromatic ring is 1. The van der Waals surface area contributed by atoms with Gasteiger partial charge in [-0.2, -0.15) is 0 Å². The van der Waals surface area contributed by atoms with Gasteiger partial charge < -0.3 is 20.9 Å². The minimum atomic E-state index is -1.01. The minimum Gasteiger partial charge on any atom is -0.495 e. The molecule has 2 rings (SSSR count). The van der Waals surface area contributed by atoms with Crippen molar-refractivity contribution in [2.45, 2.75) is 0 Å². The highest BCUT2D eigenvalue weighted by Crippen LogP contribution is 2.30. The molecule has 0 spiro atoms. The van der Waals surface area contributed by atoms with Crippen LogP contribution >= 0.6 is 11.6 Å². The monoisotopic (exact) mass is 292 g/mol. The summed E-state index contributed by atoms with van der Waals surface area (Å²) in [5.41, 5.74) is 7.61. The van der Waals surface area contributed by atoms with Crippen LogP contribution < -0.4 is 15.8 Å². The first kappa shape index (κ1) is 14.0. The number of halogens is 1. The van der Waals surface area contributed by atoms with Crippen molar-refractivity contribution in [3.05, 3.63) is 47.0 Å². The number of carboxylic acid groups (broad SMARTS) is 1. The second-order valence-corrected chi connectivity index (χ2v) is 4.49. The van der Waals surface area contributed by atoms with E-state index >= 15 is 0 Å². The van der Waals surface area contributed by atoms with Crippen LogP contribution in [0.1, 0.15) is 10.4 Å². The molecule has 0 heterocycles. The van der Waals surface area contributed by atoms with Gasteiger partial charge in [-0.3, -0.25) is 0 Å². The predicted octanol–water partition coefficient (Wildman–Crippen LogP) is 3.37. The van der Waals surface area contributed by atoms with Crippen LogP contribution in [0, 0.1) is 0 Å². The van der Waals surface area contributed by atoms with E-state index in [1.165, 1.54) is 25.3 Å². The largest absolute Gasteiger partial charge is 0.495 e. The number of carbonyl (C=O) groups is 1. The maximum atomic E-state index is 10.9. The van der Waals surface area contributed by atoms with Gasteiger partial charge in [0.25, 0.3) is 0 Å². The molecule has 0 fully saturated rings. The van der Waals surface area contributed by atoms with Crippen molar-refractivity contribution in [3.8, 4) is 5.75 Å². The maximum absolute atomic E-state index is 10.9. The molecular formula is C14H13ClN2O3. The van der Waals surface area contributed by atoms with Crippen molar-refractivity contribution in [3.63, 3.8) is 0 Å². The Morgan fingerprint density at radius 1 is 1.30 bits per heavy atom. The number of rotatable bonds is 4. The molecule has 0 aromatic heterocycles. The lowest BCUT2D eigenvalue weighted by Gasteiger charge is -2.11. The number of hydrogen-bond donors (Lipinski definition) is 3. The smallest absolute Gasteiger partial charge is 0.335 e. The molecule has 0 saturated carbocycles. The van der Waals surface area contributed by atoms with Gasteiger partial charge in [0.1, 0.15) is 5.75 Å². The van der Waals surface area contributed by atoms with Gasteiger partial charge in [0, 0.05) is 5.69 Å². The van der Waals surface area contributed by atoms with Gasteiger partial charge in [-0.15, -0.1) is 0 Å². The first-order valence-electron chi connectivity index (χ1n) is 5.74. The maximum Gasteiger partial charge on any atom is 0.335 e. The Balaban J connectivity index is 2.32. The van der Waals surface area contributed by atoms with Gasteiger partial charge in [0.2, 0.25) is 0 Å². The molecule has 2 aromatic rings. The van der Waals surface area contributed by atoms with Crippen LogP contribution in [0.25, 0.3) is 0 Å². The van der Waals surface area contributed by atoms with Crippen molar-refractivity contribution in [2.24, 2.45) is 0 Å². The zero-order valence-corrected chi connectivity index (χ0v) is 11.4. The normalized spacial score (nSPS) is 10.1. The summed E-state index contributed by atoms with van der Waals surface area (Å²) in [5.74, 6) is -0.453. The quantitative estimate of drug-likeness (QED) is 0.752. The van der Waals surface area contributed by atoms with Crippen LogP contribution in [0.4, 0.5) is 17.1 Å². The molecule has 0 aliphatic carbocycles. The highest BCUT2D eigenvalue weighted by molar-refractivity contribution is 6.32. The molecule has 5 nitrogen and oxygen atoms in total. The lowest BCUT2D eigenvalue weighted by atomic mass is 10.1. The van der Waals surface area contributed by atoms with Crippen molar-refractivity contribution >= 4 is 34.6 Å². The van der Waals surface area contributed by atoms with Crippen molar-refractivity contribution in [2.75, 3.05) is 18.2 Å². The Morgan fingerprint density at radius 3 is 2.65 bits per heavy atom. The summed E-state index contributed by atoms with van der Waals surface area (Å²) in [4.78, 5) is 10.9. The fourth-order valence-electron chi connectivity index (χ4n) is 1.70. The highest BCUT2D eigenvalue weighted by atomic mass is 35.5. The number of benzene rings is 2. The molecule has 0 aliphatic rings. The van der Waals surface area contributed by atoms with Gasteiger partial charge in [0.15, 0.2) is 0 Å². The fraction of sp³-hybridized carbons (Fsp3) is 0.0714. The molecule has 0 bridgehead atoms. The second kappa shape index (κ2) is 5.71. The van der Waals surface area contributed by atoms with Crippen LogP contribution in [0.15, 0.2) is 36.4 Å². The summed E-state index contributed by atoms with van der Waals surface area (Å²) in [5, 5.41) is 12.5. The molecule has 4 N–H and O–H groups in total. The van der Waals surface area contributed by atoms with Gasteiger partial charge in [-0.05, 0) is 36.4 Å². The number of nitrogens with two attached hydrogens (primary N) is 1. The third kappa shape index (κ3) is 2.95. The SMILES string of the molecule is COc1ccc(Nc2cc(C(=O)O)ccc2N)cc1Cl. The van der Waals surface area contributed by atoms with E-state index in [1.807, 2.05) is 0 Å². The molecular weight excluding hydrogens is 280 g/mol. The van der Waals surface area contributed by atoms with E-state index in [2.05, 4.69) is 5.32 Å². The van der Waals surface area contributed by atoms with Gasteiger partial charge in [0.05, 0.1) is 29.1 Å². The number of aromatic carboxylic acids is 1. The molecule has 0 saturated heterocycles. The lowest BCUT2D eigenvalue weighted by molar-refractivity contribution is 0.0697. The number of hydrogen-bond acceptors (Lipinski definition) is 4. The fourth-order valence-corrected chi connectivity index (χ4v) is 1.95. The zero-order chi connectivity index (χ0) is 14.7. The second-order valence-electron chi connectivity index (χ2n) is 4.08. The number of ether oxygens (including phenoxy) is 1. The summed E-state index contributed by atoms with van der Waals surface area (Å²) in [7, 11) is 1.53. The summed E-state index contributed by atoms with van der Waals surface area (Å²) in [6.45, 7) is 0. The predicted molar refractivity (Wildman–Crippen MR) is 79.1 cm³/mol. The highest BCUT2D eigenvalue weighted by Gasteiger charge is 2.08. The van der Waals surface area contributed by atoms with E-state index in [0.29, 0.717) is 27.8 Å². The molecule has 104 valence electrons. The van der Waals surface area contributed by atoms with Gasteiger partial charge in [-0.25, -0.2) is 4.79 Å². The van der Waals surface area contributed by atoms with Gasteiger partial charge in [-0.1, -0.05) is 11.6 Å². The third-order valence-electron chi connectivity index (χ3n) is 2.73. The zero-order valence-electron chi connectivity index (χ0n) is 10.7. The summed E-state index contributed by atoms with van der Waals surface area (Å²) >= 11 is 6.03. The third-order valence-corrected chi connectivity index (χ3v) is 3.03. The van der Waals surface area contributed by atoms with Crippen LogP contribution in [-0.2, 0) is 0 Å². The molecule has 6 heteroatoms. The Hall–Kier alpha value is -2.40. The van der Waals surface area contributed by atoms with E-state index in [9.17, 15) is 4.79 Å². The van der Waals surface area contributed by atoms with Crippen molar-refractivity contribution in [1.29, 1.82) is 0 Å². The summed E-state index contributed by atoms with van der Waals surface area (Å²) in [6.07, 6.45) is 0. The average molecular weight is 293 g/mol. The van der Waals surface area contributed by atoms with Gasteiger partial charge >= 0.3 is 5.97 Å². The first-order chi connectivity index (χ1) is 9.51. The van der Waals surface area contributed by atoms with E-state index in [-0.39, 0.29) is 5.56 Å². The Kier molecular flexibility index (Phi) is 4.00. The van der Waals surface area contributed by atoms with Crippen molar-refractivity contribution in [1.82, 2.24) is 0 Å². The van der Waals surface area contributed by atoms with Crippen molar-refractivity contribution < 1.29 is 14.6 Å². The first-order valence-corrected chi connectivity index (χ1v) is 6.12. The van der Waals surface area contributed by atoms with E-state index < -0.39 is 5.97 Å². The summed E-state index contributed by atoms with van der Waals surface area (Å²) < 4.78 is 5.06. The molecule has 20 heavy (non-hydrogen) atoms. The average Bonchev–Trinajstić information content (AvgIpc) is 2.41. The lowest BCUT2D eigenvalue weighted by Crippen LogP contribution is -2.01. The summed E-state index contributed by atoms with van der Waals surface area (Å²) in [6, 6.07) is 9.60. The standard InChI is InChI=1S/C14H13ClN2O3/c1-20-13-5-3-9(7-10(13)15)17-12-6-8(14(18)19)2-4-11(12)16/h2-7,17H,16H2,1H3,(H,18,19). The van der Waals surface area contributed by atoms with E-state index in [1.54, 1.807) is 18.2 Å². The van der Waals surface area contributed by atoms with E-state index in [0.717, 1.165) is 0 Å². The molecule has 0 radical (unpaired) electrons. The number of methoxy groups -OCH3 is 1. The van der Waals surface area contributed by atoms with Crippen LogP contribution in [-0.4, -0.2) is 18.2 Å². The topological polar surface area (TPSA) is 84.6 Å². The number of anilines is 3. The minimum absolute atomic E-state index is 0.154. The van der Waals surface area contributed by atoms with Crippen LogP contribution in [0.2, 0.25) is 5.02 Å². The Bertz CT molecular complexity index is 659. The molecule has 0 unspecified atom stereocenters. The molecule has 0 aliphatic heterocycles. The molecule has 0 amide bonds. The van der Waals surface area contributed by atoms with Crippen LogP contribution in [0.3, 0.4) is 0 Å². The number of carboxylic acids is 1. The Labute approximate surface area is 120 Å². The number of nitrogens with one attached hydrogen (secondary N) is 1. The van der Waals surface area contributed by atoms with Crippen LogP contribution in [0.5, 0.6) is 5.75 Å². The van der Waals surface area contributed by atoms with E-state index in [4.69, 9.17) is 27.2 Å². The Morgan fingerprint density at radius 2 is 2.05 bits per heavy atom. The molecule has 0 atom stereocenters. The molecule has 2 aromatic carbocycles.